The van der Waals surface area contributed by atoms with Crippen LogP contribution in [0.25, 0.3) is 0 Å². The molecule has 0 radical (unpaired) electrons. The Balaban J connectivity index is 1.29. The number of carbonyl (C=O) groups excluding carboxylic acids is 2. The van der Waals surface area contributed by atoms with E-state index in [1.165, 1.54) is 0 Å². The molecule has 188 valence electrons. The molecule has 0 aliphatic carbocycles. The highest BCUT2D eigenvalue weighted by atomic mass is 35.5. The van der Waals surface area contributed by atoms with Crippen LogP contribution in [0, 0.1) is 6.92 Å². The van der Waals surface area contributed by atoms with Crippen LogP contribution in [0.1, 0.15) is 5.56 Å². The van der Waals surface area contributed by atoms with Gasteiger partial charge in [0.1, 0.15) is 11.6 Å². The summed E-state index contributed by atoms with van der Waals surface area (Å²) in [6.45, 7) is 4.17. The quantitative estimate of drug-likeness (QED) is 0.394. The molecule has 2 aromatic carbocycles. The lowest BCUT2D eigenvalue weighted by Gasteiger charge is -2.35. The van der Waals surface area contributed by atoms with Gasteiger partial charge in [-0.15, -0.1) is 0 Å². The van der Waals surface area contributed by atoms with E-state index in [9.17, 15) is 9.59 Å². The van der Waals surface area contributed by atoms with Gasteiger partial charge in [-0.1, -0.05) is 35.3 Å². The Bertz CT molecular complexity index is 1230. The van der Waals surface area contributed by atoms with Gasteiger partial charge in [0.05, 0.1) is 40.4 Å². The Kier molecular flexibility index (Phi) is 8.02. The number of carbonyl (C=O) groups is 2. The summed E-state index contributed by atoms with van der Waals surface area (Å²) < 4.78 is 5.30. The zero-order valence-electron chi connectivity index (χ0n) is 19.8. The van der Waals surface area contributed by atoms with E-state index in [0.29, 0.717) is 59.0 Å². The van der Waals surface area contributed by atoms with Gasteiger partial charge in [0, 0.05) is 26.2 Å². The maximum Gasteiger partial charge on any atom is 0.323 e. The standard InChI is InChI=1S/C25H26Cl2N6O3/c1-16-6-8-21(36-2)20(14-16)30-24(34)29-17-7-9-22(28-15-17)32-10-12-33(13-11-32)25(35)31-23-18(26)4-3-5-19(23)27/h3-9,14-15H,10-13H2,1-2H3,(H,31,35)(H2,29,30,34). The fourth-order valence-electron chi connectivity index (χ4n) is 3.79. The van der Waals surface area contributed by atoms with E-state index < -0.39 is 6.03 Å². The molecule has 0 bridgehead atoms. The van der Waals surface area contributed by atoms with Crippen LogP contribution in [0.2, 0.25) is 10.0 Å². The fraction of sp³-hybridized carbons (Fsp3) is 0.240. The van der Waals surface area contributed by atoms with Crippen molar-refractivity contribution in [2.45, 2.75) is 6.92 Å². The van der Waals surface area contributed by atoms with E-state index in [-0.39, 0.29) is 6.03 Å². The number of rotatable bonds is 5. The molecule has 0 unspecified atom stereocenters. The van der Waals surface area contributed by atoms with Gasteiger partial charge < -0.3 is 30.5 Å². The van der Waals surface area contributed by atoms with Gasteiger partial charge in [-0.05, 0) is 48.9 Å². The number of methoxy groups -OCH3 is 1. The number of nitrogens with zero attached hydrogens (tertiary/aromatic N) is 3. The van der Waals surface area contributed by atoms with Crippen molar-refractivity contribution < 1.29 is 14.3 Å². The number of pyridine rings is 1. The molecular formula is C25H26Cl2N6O3. The van der Waals surface area contributed by atoms with Gasteiger partial charge >= 0.3 is 12.1 Å². The summed E-state index contributed by atoms with van der Waals surface area (Å²) in [6.07, 6.45) is 1.60. The lowest BCUT2D eigenvalue weighted by Crippen LogP contribution is -2.50. The summed E-state index contributed by atoms with van der Waals surface area (Å²) in [7, 11) is 1.55. The number of nitrogens with one attached hydrogen (secondary N) is 3. The van der Waals surface area contributed by atoms with E-state index >= 15 is 0 Å². The third kappa shape index (κ3) is 6.10. The molecule has 3 N–H and O–H groups in total. The molecule has 4 rings (SSSR count). The molecule has 0 spiro atoms. The van der Waals surface area contributed by atoms with E-state index in [4.69, 9.17) is 27.9 Å². The van der Waals surface area contributed by atoms with Gasteiger partial charge in [0.2, 0.25) is 0 Å². The van der Waals surface area contributed by atoms with Crippen LogP contribution in [0.4, 0.5) is 32.5 Å². The van der Waals surface area contributed by atoms with Gasteiger partial charge in [0.25, 0.3) is 0 Å². The number of para-hydroxylation sites is 1. The van der Waals surface area contributed by atoms with Gasteiger partial charge in [-0.3, -0.25) is 0 Å². The van der Waals surface area contributed by atoms with Gasteiger partial charge in [-0.2, -0.15) is 0 Å². The molecule has 1 aromatic heterocycles. The predicted molar refractivity (Wildman–Crippen MR) is 144 cm³/mol. The van der Waals surface area contributed by atoms with Crippen LogP contribution in [-0.4, -0.2) is 55.2 Å². The fourth-order valence-corrected chi connectivity index (χ4v) is 4.29. The lowest BCUT2D eigenvalue weighted by molar-refractivity contribution is 0.208. The Morgan fingerprint density at radius 1 is 0.944 bits per heavy atom. The van der Waals surface area contributed by atoms with Gasteiger partial charge in [-0.25, -0.2) is 14.6 Å². The topological polar surface area (TPSA) is 98.8 Å². The molecule has 0 saturated carbocycles. The zero-order chi connectivity index (χ0) is 25.7. The van der Waals surface area contributed by atoms with Crippen LogP contribution in [0.15, 0.2) is 54.7 Å². The first-order chi connectivity index (χ1) is 17.3. The van der Waals surface area contributed by atoms with Crippen molar-refractivity contribution in [3.05, 3.63) is 70.3 Å². The molecule has 1 fully saturated rings. The number of halogens is 2. The van der Waals surface area contributed by atoms with Crippen molar-refractivity contribution in [2.75, 3.05) is 54.1 Å². The second-order valence-electron chi connectivity index (χ2n) is 8.19. The highest BCUT2D eigenvalue weighted by molar-refractivity contribution is 6.39. The molecule has 11 heteroatoms. The van der Waals surface area contributed by atoms with Crippen molar-refractivity contribution in [1.29, 1.82) is 0 Å². The summed E-state index contributed by atoms with van der Waals surface area (Å²) in [5.74, 6) is 1.34. The summed E-state index contributed by atoms with van der Waals surface area (Å²) in [6, 6.07) is 13.6. The van der Waals surface area contributed by atoms with Crippen LogP contribution in [-0.2, 0) is 0 Å². The van der Waals surface area contributed by atoms with Crippen LogP contribution < -0.4 is 25.6 Å². The zero-order valence-corrected chi connectivity index (χ0v) is 21.4. The molecule has 2 heterocycles. The molecule has 1 aliphatic rings. The maximum atomic E-state index is 12.7. The minimum atomic E-state index is -0.397. The van der Waals surface area contributed by atoms with Crippen LogP contribution >= 0.6 is 23.2 Å². The van der Waals surface area contributed by atoms with Crippen molar-refractivity contribution in [2.24, 2.45) is 0 Å². The third-order valence-corrected chi connectivity index (χ3v) is 6.32. The van der Waals surface area contributed by atoms with Crippen molar-refractivity contribution in [3.8, 4) is 5.75 Å². The molecule has 4 amide bonds. The minimum Gasteiger partial charge on any atom is -0.495 e. The van der Waals surface area contributed by atoms with Crippen molar-refractivity contribution >= 4 is 58.1 Å². The molecule has 0 atom stereocenters. The van der Waals surface area contributed by atoms with E-state index in [1.54, 1.807) is 48.5 Å². The summed E-state index contributed by atoms with van der Waals surface area (Å²) >= 11 is 12.3. The highest BCUT2D eigenvalue weighted by Crippen LogP contribution is 2.30. The number of aromatic nitrogens is 1. The number of aryl methyl sites for hydroxylation is 1. The van der Waals surface area contributed by atoms with Crippen LogP contribution in [0.3, 0.4) is 0 Å². The predicted octanol–water partition coefficient (Wildman–Crippen LogP) is 5.70. The molecular weight excluding hydrogens is 503 g/mol. The maximum absolute atomic E-state index is 12.7. The Labute approximate surface area is 219 Å². The second-order valence-corrected chi connectivity index (χ2v) is 9.00. The van der Waals surface area contributed by atoms with Crippen LogP contribution in [0.5, 0.6) is 5.75 Å². The SMILES string of the molecule is COc1ccc(C)cc1NC(=O)Nc1ccc(N2CCN(C(=O)Nc3c(Cl)cccc3Cl)CC2)nc1. The molecule has 1 aliphatic heterocycles. The van der Waals surface area contributed by atoms with Crippen molar-refractivity contribution in [3.63, 3.8) is 0 Å². The number of hydrogen-bond donors (Lipinski definition) is 3. The largest absolute Gasteiger partial charge is 0.495 e. The number of urea groups is 2. The normalized spacial score (nSPS) is 13.2. The Hall–Kier alpha value is -3.69. The minimum absolute atomic E-state index is 0.256. The lowest BCUT2D eigenvalue weighted by atomic mass is 10.2. The third-order valence-electron chi connectivity index (χ3n) is 5.69. The highest BCUT2D eigenvalue weighted by Gasteiger charge is 2.23. The van der Waals surface area contributed by atoms with E-state index in [1.807, 2.05) is 25.1 Å². The van der Waals surface area contributed by atoms with E-state index in [2.05, 4.69) is 25.8 Å². The number of benzene rings is 2. The monoisotopic (exact) mass is 528 g/mol. The number of ether oxygens (including phenoxy) is 1. The first-order valence-corrected chi connectivity index (χ1v) is 12.0. The molecule has 1 saturated heterocycles. The average molecular weight is 529 g/mol. The molecule has 36 heavy (non-hydrogen) atoms. The molecule has 9 nitrogen and oxygen atoms in total. The Morgan fingerprint density at radius 3 is 2.31 bits per heavy atom. The first kappa shape index (κ1) is 25.4. The first-order valence-electron chi connectivity index (χ1n) is 11.3. The number of anilines is 4. The second kappa shape index (κ2) is 11.4. The Morgan fingerprint density at radius 2 is 1.67 bits per heavy atom. The van der Waals surface area contributed by atoms with Crippen molar-refractivity contribution in [1.82, 2.24) is 9.88 Å². The smallest absolute Gasteiger partial charge is 0.323 e. The van der Waals surface area contributed by atoms with Gasteiger partial charge in [0.15, 0.2) is 0 Å². The average Bonchev–Trinajstić information content (AvgIpc) is 2.87. The van der Waals surface area contributed by atoms with E-state index in [0.717, 1.165) is 11.4 Å². The number of amides is 4. The molecule has 3 aromatic rings. The number of hydrogen-bond acceptors (Lipinski definition) is 5. The summed E-state index contributed by atoms with van der Waals surface area (Å²) in [5.41, 5.74) is 2.54. The summed E-state index contributed by atoms with van der Waals surface area (Å²) in [4.78, 5) is 33.4. The summed E-state index contributed by atoms with van der Waals surface area (Å²) in [5, 5.41) is 9.14. The number of piperazine rings is 1.